The highest BCUT2D eigenvalue weighted by molar-refractivity contribution is 7.99. The second-order valence-corrected chi connectivity index (χ2v) is 5.95. The molecule has 2 rings (SSSR count). The van der Waals surface area contributed by atoms with E-state index in [1.807, 2.05) is 6.92 Å². The molecular formula is C11H18N2O4S. The molecule has 0 aromatic heterocycles. The highest BCUT2D eigenvalue weighted by Crippen LogP contribution is 2.23. The minimum Gasteiger partial charge on any atom is -0.480 e. The van der Waals surface area contributed by atoms with Crippen LogP contribution < -0.4 is 0 Å². The first kappa shape index (κ1) is 13.5. The van der Waals surface area contributed by atoms with Gasteiger partial charge in [-0.2, -0.15) is 11.8 Å². The van der Waals surface area contributed by atoms with E-state index in [-0.39, 0.29) is 25.0 Å². The minimum atomic E-state index is -1.04. The minimum absolute atomic E-state index is 0.114. The molecule has 0 bridgehead atoms. The first-order chi connectivity index (χ1) is 8.50. The number of thioether (sulfide) groups is 1. The second kappa shape index (κ2) is 5.36. The summed E-state index contributed by atoms with van der Waals surface area (Å²) >= 11 is 1.80. The van der Waals surface area contributed by atoms with Gasteiger partial charge < -0.3 is 20.0 Å². The van der Waals surface area contributed by atoms with Crippen LogP contribution in [0.15, 0.2) is 0 Å². The SMILES string of the molecule is CC1CSCCN1C(=O)N1CC(O)C[C@H]1C(=O)O. The van der Waals surface area contributed by atoms with Crippen molar-refractivity contribution in [1.29, 1.82) is 0 Å². The second-order valence-electron chi connectivity index (χ2n) is 4.80. The Kier molecular flexibility index (Phi) is 4.01. The number of hydrogen-bond acceptors (Lipinski definition) is 4. The summed E-state index contributed by atoms with van der Waals surface area (Å²) in [5, 5.41) is 18.6. The largest absolute Gasteiger partial charge is 0.480 e. The van der Waals surface area contributed by atoms with Crippen molar-refractivity contribution in [3.63, 3.8) is 0 Å². The number of urea groups is 1. The van der Waals surface area contributed by atoms with Gasteiger partial charge in [0.25, 0.3) is 0 Å². The third-order valence-corrected chi connectivity index (χ3v) is 4.61. The maximum absolute atomic E-state index is 12.3. The number of nitrogens with zero attached hydrogens (tertiary/aromatic N) is 2. The van der Waals surface area contributed by atoms with E-state index in [1.54, 1.807) is 16.7 Å². The summed E-state index contributed by atoms with van der Waals surface area (Å²) in [4.78, 5) is 26.4. The van der Waals surface area contributed by atoms with Crippen molar-refractivity contribution in [2.45, 2.75) is 31.5 Å². The molecule has 0 spiro atoms. The summed E-state index contributed by atoms with van der Waals surface area (Å²) in [7, 11) is 0. The first-order valence-electron chi connectivity index (χ1n) is 6.06. The lowest BCUT2D eigenvalue weighted by atomic mass is 10.2. The lowest BCUT2D eigenvalue weighted by Gasteiger charge is -2.37. The van der Waals surface area contributed by atoms with Gasteiger partial charge in [-0.05, 0) is 6.92 Å². The lowest BCUT2D eigenvalue weighted by molar-refractivity contribution is -0.141. The monoisotopic (exact) mass is 274 g/mol. The van der Waals surface area contributed by atoms with Gasteiger partial charge >= 0.3 is 12.0 Å². The third-order valence-electron chi connectivity index (χ3n) is 3.42. The van der Waals surface area contributed by atoms with Crippen LogP contribution in [-0.2, 0) is 4.79 Å². The van der Waals surface area contributed by atoms with E-state index in [0.29, 0.717) is 6.54 Å². The fourth-order valence-corrected chi connectivity index (χ4v) is 3.45. The number of aliphatic hydroxyl groups excluding tert-OH is 1. The third kappa shape index (κ3) is 2.56. The number of β-amino-alcohol motifs (C(OH)–C–C–N with tert-alkyl or cyclic N) is 1. The Morgan fingerprint density at radius 1 is 1.33 bits per heavy atom. The summed E-state index contributed by atoms with van der Waals surface area (Å²) in [5.74, 6) is 0.711. The van der Waals surface area contributed by atoms with Crippen LogP contribution in [0.25, 0.3) is 0 Å². The molecule has 2 amide bonds. The molecule has 0 aliphatic carbocycles. The molecule has 0 aromatic rings. The molecule has 0 aromatic carbocycles. The fourth-order valence-electron chi connectivity index (χ4n) is 2.44. The highest BCUT2D eigenvalue weighted by Gasteiger charge is 2.41. The normalized spacial score (nSPS) is 32.7. The van der Waals surface area contributed by atoms with Gasteiger partial charge in [0.2, 0.25) is 0 Å². The predicted molar refractivity (Wildman–Crippen MR) is 67.6 cm³/mol. The van der Waals surface area contributed by atoms with E-state index in [9.17, 15) is 14.7 Å². The Morgan fingerprint density at radius 2 is 2.06 bits per heavy atom. The lowest BCUT2D eigenvalue weighted by Crippen LogP contribution is -2.53. The van der Waals surface area contributed by atoms with Gasteiger partial charge in [0.1, 0.15) is 6.04 Å². The number of carbonyl (C=O) groups is 2. The van der Waals surface area contributed by atoms with Crippen molar-refractivity contribution in [3.05, 3.63) is 0 Å². The van der Waals surface area contributed by atoms with Crippen LogP contribution in [0.4, 0.5) is 4.79 Å². The zero-order valence-corrected chi connectivity index (χ0v) is 11.1. The van der Waals surface area contributed by atoms with Crippen molar-refractivity contribution < 1.29 is 19.8 Å². The van der Waals surface area contributed by atoms with E-state index in [2.05, 4.69) is 0 Å². The van der Waals surface area contributed by atoms with Crippen molar-refractivity contribution in [2.24, 2.45) is 0 Å². The number of aliphatic carboxylic acids is 1. The predicted octanol–water partition coefficient (Wildman–Crippen LogP) is 0.0635. The average molecular weight is 274 g/mol. The van der Waals surface area contributed by atoms with E-state index >= 15 is 0 Å². The molecule has 0 radical (unpaired) electrons. The quantitative estimate of drug-likeness (QED) is 0.707. The highest BCUT2D eigenvalue weighted by atomic mass is 32.2. The van der Waals surface area contributed by atoms with Gasteiger partial charge in [-0.1, -0.05) is 0 Å². The molecule has 2 N–H and O–H groups in total. The topological polar surface area (TPSA) is 81.1 Å². The number of hydrogen-bond donors (Lipinski definition) is 2. The van der Waals surface area contributed by atoms with Gasteiger partial charge in [0, 0.05) is 37.1 Å². The standard InChI is InChI=1S/C11H18N2O4S/c1-7-6-18-3-2-12(7)11(17)13-5-8(14)4-9(13)10(15)16/h7-9,14H,2-6H2,1H3,(H,15,16)/t7?,8?,9-/m0/s1. The zero-order chi connectivity index (χ0) is 13.3. The average Bonchev–Trinajstić information content (AvgIpc) is 2.71. The van der Waals surface area contributed by atoms with E-state index in [1.165, 1.54) is 4.90 Å². The number of carboxylic acid groups (broad SMARTS) is 1. The van der Waals surface area contributed by atoms with E-state index in [0.717, 1.165) is 11.5 Å². The van der Waals surface area contributed by atoms with Gasteiger partial charge in [-0.15, -0.1) is 0 Å². The number of aliphatic hydroxyl groups is 1. The Morgan fingerprint density at radius 3 is 2.67 bits per heavy atom. The molecule has 2 aliphatic heterocycles. The summed E-state index contributed by atoms with van der Waals surface area (Å²) < 4.78 is 0. The molecule has 18 heavy (non-hydrogen) atoms. The molecule has 6 nitrogen and oxygen atoms in total. The molecule has 2 aliphatic rings. The Hall–Kier alpha value is -0.950. The van der Waals surface area contributed by atoms with Crippen LogP contribution in [0.5, 0.6) is 0 Å². The van der Waals surface area contributed by atoms with Crippen molar-refractivity contribution in [3.8, 4) is 0 Å². The first-order valence-corrected chi connectivity index (χ1v) is 7.22. The Bertz CT molecular complexity index is 352. The van der Waals surface area contributed by atoms with Gasteiger partial charge in [-0.3, -0.25) is 0 Å². The van der Waals surface area contributed by atoms with Crippen LogP contribution in [-0.4, -0.2) is 74.8 Å². The van der Waals surface area contributed by atoms with E-state index in [4.69, 9.17) is 5.11 Å². The number of carboxylic acids is 1. The maximum atomic E-state index is 12.3. The van der Waals surface area contributed by atoms with Crippen LogP contribution in [0.3, 0.4) is 0 Å². The number of rotatable bonds is 1. The smallest absolute Gasteiger partial charge is 0.326 e. The molecule has 2 heterocycles. The molecular weight excluding hydrogens is 256 g/mol. The van der Waals surface area contributed by atoms with Crippen molar-refractivity contribution in [2.75, 3.05) is 24.6 Å². The Balaban J connectivity index is 2.09. The van der Waals surface area contributed by atoms with Crippen LogP contribution >= 0.6 is 11.8 Å². The molecule has 7 heteroatoms. The van der Waals surface area contributed by atoms with Crippen LogP contribution in [0, 0.1) is 0 Å². The van der Waals surface area contributed by atoms with Crippen LogP contribution in [0.2, 0.25) is 0 Å². The zero-order valence-electron chi connectivity index (χ0n) is 10.3. The van der Waals surface area contributed by atoms with Crippen LogP contribution in [0.1, 0.15) is 13.3 Å². The summed E-state index contributed by atoms with van der Waals surface area (Å²) in [6, 6.07) is -1.04. The summed E-state index contributed by atoms with van der Waals surface area (Å²) in [6.45, 7) is 2.72. The number of carbonyl (C=O) groups excluding carboxylic acids is 1. The molecule has 0 saturated carbocycles. The summed E-state index contributed by atoms with van der Waals surface area (Å²) in [6.07, 6.45) is -0.609. The molecule has 3 atom stereocenters. The van der Waals surface area contributed by atoms with Crippen molar-refractivity contribution >= 4 is 23.8 Å². The van der Waals surface area contributed by atoms with Crippen molar-refractivity contribution in [1.82, 2.24) is 9.80 Å². The number of likely N-dealkylation sites (tertiary alicyclic amines) is 1. The van der Waals surface area contributed by atoms with Gasteiger partial charge in [-0.25, -0.2) is 9.59 Å². The van der Waals surface area contributed by atoms with E-state index < -0.39 is 18.1 Å². The number of amides is 2. The van der Waals surface area contributed by atoms with Gasteiger partial charge in [0.15, 0.2) is 0 Å². The molecule has 102 valence electrons. The Labute approximate surface area is 110 Å². The summed E-state index contributed by atoms with van der Waals surface area (Å²) in [5.41, 5.74) is 0. The van der Waals surface area contributed by atoms with Gasteiger partial charge in [0.05, 0.1) is 6.10 Å². The molecule has 2 fully saturated rings. The maximum Gasteiger partial charge on any atom is 0.326 e. The molecule has 2 saturated heterocycles. The fraction of sp³-hybridized carbons (Fsp3) is 0.818. The molecule has 2 unspecified atom stereocenters.